The zero-order valence-electron chi connectivity index (χ0n) is 9.97. The Labute approximate surface area is 114 Å². The Kier molecular flexibility index (Phi) is 5.98. The molecule has 1 aromatic carbocycles. The molecule has 0 aromatic heterocycles. The molecular formula is C11H14ClF2NO4. The van der Waals surface area contributed by atoms with E-state index in [9.17, 15) is 18.7 Å². The van der Waals surface area contributed by atoms with Crippen molar-refractivity contribution in [2.24, 2.45) is 5.73 Å². The maximum absolute atomic E-state index is 13.6. The minimum atomic E-state index is -3.97. The Hall–Kier alpha value is -1.60. The van der Waals surface area contributed by atoms with Gasteiger partial charge < -0.3 is 20.7 Å². The first kappa shape index (κ1) is 17.4. The summed E-state index contributed by atoms with van der Waals surface area (Å²) in [6.45, 7) is 1.18. The molecule has 0 aliphatic carbocycles. The van der Waals surface area contributed by atoms with Crippen LogP contribution in [0.15, 0.2) is 18.2 Å². The molecular weight excluding hydrogens is 284 g/mol. The standard InChI is InChI=1S/C11H13F2NO4.ClH/c1-2-18-10(17)11(12,13)9(14)7-4-3-6(15)5-8(7)16;/h3-5,9,15-16H,2,14H2,1H3;1H/t9-;/m1./s1. The van der Waals surface area contributed by atoms with Gasteiger partial charge in [0.05, 0.1) is 6.61 Å². The van der Waals surface area contributed by atoms with E-state index in [1.165, 1.54) is 6.92 Å². The van der Waals surface area contributed by atoms with Crippen LogP contribution in [0.2, 0.25) is 0 Å². The van der Waals surface area contributed by atoms with Gasteiger partial charge in [0, 0.05) is 11.6 Å². The van der Waals surface area contributed by atoms with Crippen molar-refractivity contribution in [1.82, 2.24) is 0 Å². The van der Waals surface area contributed by atoms with Gasteiger partial charge in [-0.05, 0) is 19.1 Å². The van der Waals surface area contributed by atoms with Crippen molar-refractivity contribution in [3.8, 4) is 11.5 Å². The van der Waals surface area contributed by atoms with Crippen molar-refractivity contribution in [3.05, 3.63) is 23.8 Å². The minimum absolute atomic E-state index is 0. The molecule has 4 N–H and O–H groups in total. The maximum Gasteiger partial charge on any atom is 0.379 e. The van der Waals surface area contributed by atoms with Crippen molar-refractivity contribution in [2.45, 2.75) is 18.9 Å². The molecule has 5 nitrogen and oxygen atoms in total. The Morgan fingerprint density at radius 3 is 2.53 bits per heavy atom. The van der Waals surface area contributed by atoms with Crippen LogP contribution in [-0.4, -0.2) is 28.7 Å². The van der Waals surface area contributed by atoms with Crippen molar-refractivity contribution in [3.63, 3.8) is 0 Å². The van der Waals surface area contributed by atoms with Gasteiger partial charge in [0.1, 0.15) is 17.5 Å². The summed E-state index contributed by atoms with van der Waals surface area (Å²) in [4.78, 5) is 11.1. The van der Waals surface area contributed by atoms with Gasteiger partial charge in [0.25, 0.3) is 0 Å². The van der Waals surface area contributed by atoms with Gasteiger partial charge in [-0.15, -0.1) is 12.4 Å². The number of alkyl halides is 2. The monoisotopic (exact) mass is 297 g/mol. The van der Waals surface area contributed by atoms with Gasteiger partial charge in [-0.25, -0.2) is 4.79 Å². The van der Waals surface area contributed by atoms with E-state index in [1.807, 2.05) is 0 Å². The fraction of sp³-hybridized carbons (Fsp3) is 0.364. The summed E-state index contributed by atoms with van der Waals surface area (Å²) < 4.78 is 31.4. The van der Waals surface area contributed by atoms with Crippen LogP contribution in [0.4, 0.5) is 8.78 Å². The molecule has 108 valence electrons. The van der Waals surface area contributed by atoms with Crippen molar-refractivity contribution >= 4 is 18.4 Å². The van der Waals surface area contributed by atoms with E-state index >= 15 is 0 Å². The van der Waals surface area contributed by atoms with Crippen molar-refractivity contribution in [2.75, 3.05) is 6.61 Å². The molecule has 0 unspecified atom stereocenters. The number of phenolic OH excluding ortho intramolecular Hbond substituents is 2. The third kappa shape index (κ3) is 3.68. The molecule has 0 radical (unpaired) electrons. The lowest BCUT2D eigenvalue weighted by atomic mass is 10.0. The van der Waals surface area contributed by atoms with E-state index in [0.717, 1.165) is 18.2 Å². The molecule has 0 bridgehead atoms. The second-order valence-corrected chi connectivity index (χ2v) is 3.56. The Bertz CT molecular complexity index is 456. The normalized spacial score (nSPS) is 12.4. The van der Waals surface area contributed by atoms with Crippen LogP contribution in [0.3, 0.4) is 0 Å². The second-order valence-electron chi connectivity index (χ2n) is 3.56. The molecule has 0 aliphatic rings. The number of ether oxygens (including phenoxy) is 1. The topological polar surface area (TPSA) is 92.8 Å². The third-order valence-corrected chi connectivity index (χ3v) is 2.29. The summed E-state index contributed by atoms with van der Waals surface area (Å²) in [7, 11) is 0. The minimum Gasteiger partial charge on any atom is -0.508 e. The Balaban J connectivity index is 0.00000324. The average Bonchev–Trinajstić information content (AvgIpc) is 2.28. The van der Waals surface area contributed by atoms with Crippen LogP contribution in [0.25, 0.3) is 0 Å². The molecule has 0 heterocycles. The number of aromatic hydroxyl groups is 2. The lowest BCUT2D eigenvalue weighted by Crippen LogP contribution is -2.41. The molecule has 0 aliphatic heterocycles. The number of esters is 1. The molecule has 0 amide bonds. The highest BCUT2D eigenvalue weighted by Gasteiger charge is 2.48. The molecule has 1 aromatic rings. The summed E-state index contributed by atoms with van der Waals surface area (Å²) in [5.41, 5.74) is 4.91. The molecule has 0 saturated heterocycles. The van der Waals surface area contributed by atoms with Crippen molar-refractivity contribution < 1.29 is 28.5 Å². The summed E-state index contributed by atoms with van der Waals surface area (Å²) in [6.07, 6.45) is 0. The first-order valence-corrected chi connectivity index (χ1v) is 5.13. The molecule has 1 rings (SSSR count). The first-order chi connectivity index (χ1) is 8.30. The van der Waals surface area contributed by atoms with E-state index in [1.54, 1.807) is 0 Å². The number of carbonyl (C=O) groups excluding carboxylic acids is 1. The van der Waals surface area contributed by atoms with E-state index in [2.05, 4.69) is 4.74 Å². The Morgan fingerprint density at radius 1 is 1.47 bits per heavy atom. The van der Waals surface area contributed by atoms with Gasteiger partial charge in [0.2, 0.25) is 0 Å². The van der Waals surface area contributed by atoms with E-state index < -0.39 is 23.7 Å². The molecule has 19 heavy (non-hydrogen) atoms. The zero-order chi connectivity index (χ0) is 13.9. The fourth-order valence-electron chi connectivity index (χ4n) is 1.34. The summed E-state index contributed by atoms with van der Waals surface area (Å²) >= 11 is 0. The highest BCUT2D eigenvalue weighted by atomic mass is 35.5. The lowest BCUT2D eigenvalue weighted by Gasteiger charge is -2.22. The number of hydrogen-bond acceptors (Lipinski definition) is 5. The SMILES string of the molecule is CCOC(=O)C(F)(F)[C@H](N)c1ccc(O)cc1O.Cl. The van der Waals surface area contributed by atoms with Gasteiger partial charge in [0.15, 0.2) is 0 Å². The number of hydrogen-bond donors (Lipinski definition) is 3. The molecule has 0 fully saturated rings. The predicted octanol–water partition coefficient (Wildman–Crippen LogP) is 1.72. The molecule has 1 atom stereocenters. The van der Waals surface area contributed by atoms with Gasteiger partial charge >= 0.3 is 11.9 Å². The summed E-state index contributed by atoms with van der Waals surface area (Å²) in [6, 6.07) is 0.895. The summed E-state index contributed by atoms with van der Waals surface area (Å²) in [5.74, 6) is -6.65. The van der Waals surface area contributed by atoms with E-state index in [-0.39, 0.29) is 30.3 Å². The van der Waals surface area contributed by atoms with Gasteiger partial charge in [-0.1, -0.05) is 0 Å². The molecule has 0 saturated carbocycles. The Morgan fingerprint density at radius 2 is 2.05 bits per heavy atom. The average molecular weight is 298 g/mol. The van der Waals surface area contributed by atoms with E-state index in [4.69, 9.17) is 10.8 Å². The zero-order valence-corrected chi connectivity index (χ0v) is 10.8. The van der Waals surface area contributed by atoms with Crippen LogP contribution in [0.5, 0.6) is 11.5 Å². The van der Waals surface area contributed by atoms with E-state index in [0.29, 0.717) is 0 Å². The largest absolute Gasteiger partial charge is 0.508 e. The second kappa shape index (κ2) is 6.53. The number of rotatable bonds is 4. The highest BCUT2D eigenvalue weighted by Crippen LogP contribution is 2.36. The molecule has 0 spiro atoms. The summed E-state index contributed by atoms with van der Waals surface area (Å²) in [5, 5.41) is 18.4. The maximum atomic E-state index is 13.6. The lowest BCUT2D eigenvalue weighted by molar-refractivity contribution is -0.174. The fourth-order valence-corrected chi connectivity index (χ4v) is 1.34. The number of carbonyl (C=O) groups is 1. The van der Waals surface area contributed by atoms with Gasteiger partial charge in [-0.2, -0.15) is 8.78 Å². The highest BCUT2D eigenvalue weighted by molar-refractivity contribution is 5.85. The number of halogens is 3. The first-order valence-electron chi connectivity index (χ1n) is 5.13. The third-order valence-electron chi connectivity index (χ3n) is 2.29. The number of nitrogens with two attached hydrogens (primary N) is 1. The van der Waals surface area contributed by atoms with Crippen LogP contribution in [-0.2, 0) is 9.53 Å². The van der Waals surface area contributed by atoms with Crippen LogP contribution >= 0.6 is 12.4 Å². The predicted molar refractivity (Wildman–Crippen MR) is 65.5 cm³/mol. The quantitative estimate of drug-likeness (QED) is 0.736. The van der Waals surface area contributed by atoms with Crippen LogP contribution < -0.4 is 5.73 Å². The van der Waals surface area contributed by atoms with Crippen LogP contribution in [0.1, 0.15) is 18.5 Å². The number of phenols is 2. The smallest absolute Gasteiger partial charge is 0.379 e. The van der Waals surface area contributed by atoms with Gasteiger partial charge in [-0.3, -0.25) is 0 Å². The molecule has 8 heteroatoms. The van der Waals surface area contributed by atoms with Crippen LogP contribution in [0, 0.1) is 0 Å². The number of benzene rings is 1. The van der Waals surface area contributed by atoms with Crippen molar-refractivity contribution in [1.29, 1.82) is 0 Å².